The van der Waals surface area contributed by atoms with E-state index in [9.17, 15) is 0 Å². The second-order valence-corrected chi connectivity index (χ2v) is 3.70. The number of hydrogen-bond acceptors (Lipinski definition) is 2. The third kappa shape index (κ3) is 2.26. The van der Waals surface area contributed by atoms with E-state index in [-0.39, 0.29) is 0 Å². The van der Waals surface area contributed by atoms with Gasteiger partial charge in [0, 0.05) is 25.3 Å². The van der Waals surface area contributed by atoms with Crippen molar-refractivity contribution in [3.8, 4) is 0 Å². The minimum Gasteiger partial charge on any atom is -0.370 e. The van der Waals surface area contributed by atoms with Crippen molar-refractivity contribution >= 4 is 5.69 Å². The van der Waals surface area contributed by atoms with Crippen molar-refractivity contribution in [1.29, 1.82) is 0 Å². The van der Waals surface area contributed by atoms with Crippen molar-refractivity contribution < 1.29 is 0 Å². The minimum atomic E-state index is 0.441. The van der Waals surface area contributed by atoms with Gasteiger partial charge in [-0.3, -0.25) is 0 Å². The van der Waals surface area contributed by atoms with Crippen LogP contribution in [0.5, 0.6) is 0 Å². The van der Waals surface area contributed by atoms with E-state index < -0.39 is 0 Å². The highest BCUT2D eigenvalue weighted by molar-refractivity contribution is 5.53. The molecule has 0 aliphatic carbocycles. The molecule has 0 radical (unpaired) electrons. The molecule has 78 valence electrons. The molecule has 0 bridgehead atoms. The first kappa shape index (κ1) is 11.1. The lowest BCUT2D eigenvalue weighted by Gasteiger charge is -2.29. The van der Waals surface area contributed by atoms with Crippen LogP contribution in [-0.2, 0) is 0 Å². The summed E-state index contributed by atoms with van der Waals surface area (Å²) in [7, 11) is 2.11. The van der Waals surface area contributed by atoms with Crippen molar-refractivity contribution in [3.63, 3.8) is 0 Å². The molecular formula is C12H20N2. The SMILES string of the molecule is CCC(CN)N(C)c1ccccc1C. The van der Waals surface area contributed by atoms with Crippen molar-refractivity contribution in [2.24, 2.45) is 5.73 Å². The van der Waals surface area contributed by atoms with Crippen LogP contribution in [-0.4, -0.2) is 19.6 Å². The third-order valence-corrected chi connectivity index (χ3v) is 2.79. The van der Waals surface area contributed by atoms with E-state index in [4.69, 9.17) is 5.73 Å². The van der Waals surface area contributed by atoms with E-state index in [1.165, 1.54) is 11.3 Å². The summed E-state index contributed by atoms with van der Waals surface area (Å²) in [6.07, 6.45) is 1.08. The normalized spacial score (nSPS) is 12.6. The van der Waals surface area contributed by atoms with Gasteiger partial charge in [0.15, 0.2) is 0 Å². The molecule has 0 fully saturated rings. The zero-order chi connectivity index (χ0) is 10.6. The van der Waals surface area contributed by atoms with Crippen molar-refractivity contribution in [2.45, 2.75) is 26.3 Å². The molecule has 0 saturated carbocycles. The Hall–Kier alpha value is -1.02. The Morgan fingerprint density at radius 1 is 1.36 bits per heavy atom. The Balaban J connectivity index is 2.88. The lowest BCUT2D eigenvalue weighted by molar-refractivity contribution is 0.618. The van der Waals surface area contributed by atoms with Crippen LogP contribution in [0, 0.1) is 6.92 Å². The Morgan fingerprint density at radius 2 is 2.00 bits per heavy atom. The maximum atomic E-state index is 5.73. The number of nitrogens with two attached hydrogens (primary N) is 1. The highest BCUT2D eigenvalue weighted by Gasteiger charge is 2.12. The summed E-state index contributed by atoms with van der Waals surface area (Å²) < 4.78 is 0. The lowest BCUT2D eigenvalue weighted by atomic mass is 10.1. The highest BCUT2D eigenvalue weighted by atomic mass is 15.1. The summed E-state index contributed by atoms with van der Waals surface area (Å²) in [6, 6.07) is 8.86. The molecule has 0 saturated heterocycles. The topological polar surface area (TPSA) is 29.3 Å². The standard InChI is InChI=1S/C12H20N2/c1-4-11(9-13)14(3)12-8-6-5-7-10(12)2/h5-8,11H,4,9,13H2,1-3H3. The molecule has 1 atom stereocenters. The van der Waals surface area contributed by atoms with Gasteiger partial charge in [0.05, 0.1) is 0 Å². The predicted molar refractivity (Wildman–Crippen MR) is 62.7 cm³/mol. The van der Waals surface area contributed by atoms with Crippen molar-refractivity contribution in [2.75, 3.05) is 18.5 Å². The Bertz CT molecular complexity index is 279. The fourth-order valence-corrected chi connectivity index (χ4v) is 1.75. The third-order valence-electron chi connectivity index (χ3n) is 2.79. The number of aryl methyl sites for hydroxylation is 1. The molecule has 1 unspecified atom stereocenters. The predicted octanol–water partition coefficient (Wildman–Crippen LogP) is 2.17. The molecule has 1 aromatic carbocycles. The second kappa shape index (κ2) is 5.01. The molecule has 2 nitrogen and oxygen atoms in total. The largest absolute Gasteiger partial charge is 0.370 e. The van der Waals surface area contributed by atoms with Gasteiger partial charge >= 0.3 is 0 Å². The van der Waals surface area contributed by atoms with Gasteiger partial charge in [-0.05, 0) is 25.0 Å². The highest BCUT2D eigenvalue weighted by Crippen LogP contribution is 2.20. The molecule has 2 heteroatoms. The Labute approximate surface area is 86.7 Å². The maximum absolute atomic E-state index is 5.73. The Morgan fingerprint density at radius 3 is 2.50 bits per heavy atom. The zero-order valence-corrected chi connectivity index (χ0v) is 9.33. The molecule has 2 N–H and O–H groups in total. The lowest BCUT2D eigenvalue weighted by Crippen LogP contribution is -2.37. The molecule has 0 aromatic heterocycles. The number of likely N-dealkylation sites (N-methyl/N-ethyl adjacent to an activating group) is 1. The van der Waals surface area contributed by atoms with Gasteiger partial charge in [-0.25, -0.2) is 0 Å². The summed E-state index contributed by atoms with van der Waals surface area (Å²) in [5.41, 5.74) is 8.32. The van der Waals surface area contributed by atoms with Crippen LogP contribution >= 0.6 is 0 Å². The van der Waals surface area contributed by atoms with E-state index >= 15 is 0 Å². The van der Waals surface area contributed by atoms with Gasteiger partial charge in [-0.1, -0.05) is 25.1 Å². The van der Waals surface area contributed by atoms with Crippen LogP contribution in [0.2, 0.25) is 0 Å². The van der Waals surface area contributed by atoms with Gasteiger partial charge in [-0.15, -0.1) is 0 Å². The van der Waals surface area contributed by atoms with E-state index in [0.29, 0.717) is 12.6 Å². The number of anilines is 1. The molecule has 1 aromatic rings. The minimum absolute atomic E-state index is 0.441. The van der Waals surface area contributed by atoms with E-state index in [0.717, 1.165) is 6.42 Å². The second-order valence-electron chi connectivity index (χ2n) is 3.70. The smallest absolute Gasteiger partial charge is 0.0406 e. The van der Waals surface area contributed by atoms with Crippen LogP contribution in [0.25, 0.3) is 0 Å². The first-order valence-electron chi connectivity index (χ1n) is 5.19. The quantitative estimate of drug-likeness (QED) is 0.792. The average molecular weight is 192 g/mol. The molecule has 14 heavy (non-hydrogen) atoms. The molecule has 0 spiro atoms. The number of nitrogens with zero attached hydrogens (tertiary/aromatic N) is 1. The van der Waals surface area contributed by atoms with E-state index in [1.54, 1.807) is 0 Å². The number of para-hydroxylation sites is 1. The summed E-state index contributed by atoms with van der Waals surface area (Å²) >= 11 is 0. The molecule has 0 aliphatic heterocycles. The summed E-state index contributed by atoms with van der Waals surface area (Å²) in [4.78, 5) is 2.27. The average Bonchev–Trinajstić information content (AvgIpc) is 2.20. The van der Waals surface area contributed by atoms with Crippen LogP contribution in [0.15, 0.2) is 24.3 Å². The van der Waals surface area contributed by atoms with Crippen LogP contribution in [0.3, 0.4) is 0 Å². The molecular weight excluding hydrogens is 172 g/mol. The summed E-state index contributed by atoms with van der Waals surface area (Å²) in [5.74, 6) is 0. The van der Waals surface area contributed by atoms with Gasteiger partial charge in [0.2, 0.25) is 0 Å². The first-order valence-corrected chi connectivity index (χ1v) is 5.19. The van der Waals surface area contributed by atoms with Gasteiger partial charge in [0.25, 0.3) is 0 Å². The fraction of sp³-hybridized carbons (Fsp3) is 0.500. The number of rotatable bonds is 4. The molecule has 0 aliphatic rings. The van der Waals surface area contributed by atoms with Crippen molar-refractivity contribution in [3.05, 3.63) is 29.8 Å². The Kier molecular flexibility index (Phi) is 3.96. The molecule has 1 rings (SSSR count). The van der Waals surface area contributed by atoms with Gasteiger partial charge < -0.3 is 10.6 Å². The summed E-state index contributed by atoms with van der Waals surface area (Å²) in [5, 5.41) is 0. The molecule has 0 amide bonds. The fourth-order valence-electron chi connectivity index (χ4n) is 1.75. The van der Waals surface area contributed by atoms with E-state index in [1.807, 2.05) is 0 Å². The van der Waals surface area contributed by atoms with Crippen LogP contribution < -0.4 is 10.6 Å². The number of hydrogen-bond donors (Lipinski definition) is 1. The van der Waals surface area contributed by atoms with Crippen LogP contribution in [0.4, 0.5) is 5.69 Å². The first-order chi connectivity index (χ1) is 6.70. The summed E-state index contributed by atoms with van der Waals surface area (Å²) in [6.45, 7) is 5.02. The van der Waals surface area contributed by atoms with Crippen molar-refractivity contribution in [1.82, 2.24) is 0 Å². The van der Waals surface area contributed by atoms with E-state index in [2.05, 4.69) is 50.1 Å². The number of benzene rings is 1. The monoisotopic (exact) mass is 192 g/mol. The van der Waals surface area contributed by atoms with Crippen LogP contribution in [0.1, 0.15) is 18.9 Å². The molecule has 0 heterocycles. The maximum Gasteiger partial charge on any atom is 0.0406 e. The van der Waals surface area contributed by atoms with Gasteiger partial charge in [-0.2, -0.15) is 0 Å². The van der Waals surface area contributed by atoms with Gasteiger partial charge in [0.1, 0.15) is 0 Å². The zero-order valence-electron chi connectivity index (χ0n) is 9.33.